The molecule has 6 heteroatoms. The minimum atomic E-state index is -0.470. The summed E-state index contributed by atoms with van der Waals surface area (Å²) in [5.41, 5.74) is 0.540. The number of likely N-dealkylation sites (tertiary alicyclic amines) is 1. The zero-order valence-electron chi connectivity index (χ0n) is 19.0. The first-order valence-corrected chi connectivity index (χ1v) is 11.2. The van der Waals surface area contributed by atoms with Crippen molar-refractivity contribution in [3.8, 4) is 5.75 Å². The highest BCUT2D eigenvalue weighted by Gasteiger charge is 2.27. The van der Waals surface area contributed by atoms with Gasteiger partial charge in [0.1, 0.15) is 23.2 Å². The van der Waals surface area contributed by atoms with E-state index in [1.807, 2.05) is 45.0 Å². The van der Waals surface area contributed by atoms with Gasteiger partial charge in [0.05, 0.1) is 5.69 Å². The number of carbonyl (C=O) groups is 2. The zero-order chi connectivity index (χ0) is 22.0. The molecular weight excluding hydrogens is 380 g/mol. The van der Waals surface area contributed by atoms with Crippen molar-refractivity contribution < 1.29 is 19.1 Å². The van der Waals surface area contributed by atoms with Gasteiger partial charge in [-0.3, -0.25) is 0 Å². The van der Waals surface area contributed by atoms with Crippen molar-refractivity contribution in [3.05, 3.63) is 24.3 Å². The fraction of sp³-hybridized carbons (Fsp3) is 0.667. The van der Waals surface area contributed by atoms with Crippen LogP contribution in [0.25, 0.3) is 0 Å². The Kier molecular flexibility index (Phi) is 9.47. The molecule has 1 heterocycles. The monoisotopic (exact) mass is 418 g/mol. The Hall–Kier alpha value is -2.24. The summed E-state index contributed by atoms with van der Waals surface area (Å²) in [6.07, 6.45) is 6.40. The number of hydrogen-bond acceptors (Lipinski definition) is 5. The second kappa shape index (κ2) is 11.8. The maximum atomic E-state index is 12.2. The Labute approximate surface area is 181 Å². The van der Waals surface area contributed by atoms with Crippen LogP contribution in [0.5, 0.6) is 5.75 Å². The summed E-state index contributed by atoms with van der Waals surface area (Å²) >= 11 is 0. The molecule has 0 unspecified atom stereocenters. The molecular formula is C24H38N2O4. The van der Waals surface area contributed by atoms with Gasteiger partial charge in [0, 0.05) is 38.9 Å². The van der Waals surface area contributed by atoms with Crippen molar-refractivity contribution in [1.82, 2.24) is 4.90 Å². The lowest BCUT2D eigenvalue weighted by atomic mass is 10.1. The van der Waals surface area contributed by atoms with E-state index < -0.39 is 5.60 Å². The van der Waals surface area contributed by atoms with E-state index in [1.54, 1.807) is 11.8 Å². The molecule has 6 nitrogen and oxygen atoms in total. The topological polar surface area (TPSA) is 67.9 Å². The number of piperidine rings is 1. The van der Waals surface area contributed by atoms with E-state index in [0.717, 1.165) is 56.5 Å². The summed E-state index contributed by atoms with van der Waals surface area (Å²) in [5, 5.41) is 3.48. The highest BCUT2D eigenvalue weighted by atomic mass is 16.6. The van der Waals surface area contributed by atoms with Gasteiger partial charge >= 0.3 is 6.09 Å². The second-order valence-corrected chi connectivity index (χ2v) is 9.07. The van der Waals surface area contributed by atoms with Crippen molar-refractivity contribution in [3.63, 3.8) is 0 Å². The van der Waals surface area contributed by atoms with Gasteiger partial charge in [-0.2, -0.15) is 0 Å². The molecule has 168 valence electrons. The average Bonchev–Trinajstić information content (AvgIpc) is 2.67. The average molecular weight is 419 g/mol. The van der Waals surface area contributed by atoms with Crippen LogP contribution in [-0.2, 0) is 9.53 Å². The third-order valence-corrected chi connectivity index (χ3v) is 5.05. The number of hydrogen-bond donors (Lipinski definition) is 1. The number of nitrogens with zero attached hydrogens (tertiary/aromatic N) is 1. The molecule has 0 atom stereocenters. The quantitative estimate of drug-likeness (QED) is 0.514. The molecule has 2 rings (SSSR count). The van der Waals surface area contributed by atoms with Crippen molar-refractivity contribution in [2.75, 3.05) is 25.0 Å². The van der Waals surface area contributed by atoms with Crippen LogP contribution in [0.3, 0.4) is 0 Å². The zero-order valence-corrected chi connectivity index (χ0v) is 19.0. The highest BCUT2D eigenvalue weighted by Crippen LogP contribution is 2.27. The van der Waals surface area contributed by atoms with Crippen LogP contribution >= 0.6 is 0 Å². The minimum Gasteiger partial charge on any atom is -0.488 e. The van der Waals surface area contributed by atoms with E-state index in [1.165, 1.54) is 0 Å². The van der Waals surface area contributed by atoms with Crippen molar-refractivity contribution in [1.29, 1.82) is 0 Å². The van der Waals surface area contributed by atoms with Gasteiger partial charge < -0.3 is 24.5 Å². The Balaban J connectivity index is 1.73. The Morgan fingerprint density at radius 1 is 1.07 bits per heavy atom. The molecule has 0 aromatic heterocycles. The van der Waals surface area contributed by atoms with Gasteiger partial charge in [0.15, 0.2) is 0 Å². The van der Waals surface area contributed by atoms with Crippen LogP contribution in [-0.4, -0.2) is 48.1 Å². The fourth-order valence-electron chi connectivity index (χ4n) is 3.45. The summed E-state index contributed by atoms with van der Waals surface area (Å²) in [4.78, 5) is 25.0. The second-order valence-electron chi connectivity index (χ2n) is 9.07. The molecule has 1 saturated heterocycles. The molecule has 1 fully saturated rings. The van der Waals surface area contributed by atoms with E-state index in [9.17, 15) is 9.59 Å². The number of para-hydroxylation sites is 2. The molecule has 1 amide bonds. The summed E-state index contributed by atoms with van der Waals surface area (Å²) in [7, 11) is 0. The van der Waals surface area contributed by atoms with E-state index in [-0.39, 0.29) is 18.0 Å². The summed E-state index contributed by atoms with van der Waals surface area (Å²) in [6, 6.07) is 8.03. The van der Waals surface area contributed by atoms with Gasteiger partial charge in [-0.1, -0.05) is 25.0 Å². The van der Waals surface area contributed by atoms with Crippen molar-refractivity contribution >= 4 is 17.6 Å². The van der Waals surface area contributed by atoms with Crippen LogP contribution in [0.2, 0.25) is 0 Å². The van der Waals surface area contributed by atoms with E-state index >= 15 is 0 Å². The molecule has 1 aromatic rings. The summed E-state index contributed by atoms with van der Waals surface area (Å²) in [6.45, 7) is 9.49. The maximum Gasteiger partial charge on any atom is 0.410 e. The van der Waals surface area contributed by atoms with Gasteiger partial charge in [-0.15, -0.1) is 0 Å². The molecule has 0 aliphatic carbocycles. The van der Waals surface area contributed by atoms with Gasteiger partial charge in [-0.25, -0.2) is 4.79 Å². The number of ketones is 1. The largest absolute Gasteiger partial charge is 0.488 e. The Morgan fingerprint density at radius 3 is 2.40 bits per heavy atom. The molecule has 1 N–H and O–H groups in total. The molecule has 30 heavy (non-hydrogen) atoms. The number of benzene rings is 1. The van der Waals surface area contributed by atoms with E-state index in [4.69, 9.17) is 9.47 Å². The lowest BCUT2D eigenvalue weighted by Gasteiger charge is -2.33. The highest BCUT2D eigenvalue weighted by molar-refractivity contribution is 5.75. The third-order valence-electron chi connectivity index (χ3n) is 5.05. The minimum absolute atomic E-state index is 0.0956. The number of Topliss-reactive ketones (excluding diaryl/α,β-unsaturated/α-hetero) is 1. The number of ether oxygens (including phenoxy) is 2. The van der Waals surface area contributed by atoms with Crippen molar-refractivity contribution in [2.24, 2.45) is 0 Å². The molecule has 0 spiro atoms. The molecule has 1 aliphatic rings. The van der Waals surface area contributed by atoms with Crippen LogP contribution < -0.4 is 10.1 Å². The van der Waals surface area contributed by atoms with E-state index in [2.05, 4.69) is 5.32 Å². The number of nitrogens with one attached hydrogen (secondary N) is 1. The molecule has 0 bridgehead atoms. The van der Waals surface area contributed by atoms with Crippen molar-refractivity contribution in [2.45, 2.75) is 84.3 Å². The first kappa shape index (κ1) is 24.0. The smallest absolute Gasteiger partial charge is 0.410 e. The predicted octanol–water partition coefficient (Wildman–Crippen LogP) is 5.42. The molecule has 0 saturated carbocycles. The SMILES string of the molecule is CC(=O)CCCCCCNc1ccccc1OC1CCN(C(=O)OC(C)(C)C)CC1. The molecule has 1 aromatic carbocycles. The Bertz CT molecular complexity index is 676. The number of anilines is 1. The van der Waals surface area contributed by atoms with Gasteiger partial charge in [-0.05, 0) is 52.7 Å². The van der Waals surface area contributed by atoms with Crippen LogP contribution in [0, 0.1) is 0 Å². The normalized spacial score (nSPS) is 15.0. The lowest BCUT2D eigenvalue weighted by molar-refractivity contribution is -0.117. The number of rotatable bonds is 10. The van der Waals surface area contributed by atoms with Gasteiger partial charge in [0.2, 0.25) is 0 Å². The predicted molar refractivity (Wildman–Crippen MR) is 120 cm³/mol. The number of carbonyl (C=O) groups excluding carboxylic acids is 2. The summed E-state index contributed by atoms with van der Waals surface area (Å²) < 4.78 is 11.7. The standard InChI is InChI=1S/C24H38N2O4/c1-19(27)11-7-5-6-10-16-25-21-12-8-9-13-22(21)29-20-14-17-26(18-15-20)23(28)30-24(2,3)4/h8-9,12-13,20,25H,5-7,10-11,14-18H2,1-4H3. The summed E-state index contributed by atoms with van der Waals surface area (Å²) in [5.74, 6) is 1.14. The lowest BCUT2D eigenvalue weighted by Crippen LogP contribution is -2.44. The first-order chi connectivity index (χ1) is 14.2. The van der Waals surface area contributed by atoms with Crippen LogP contribution in [0.1, 0.15) is 72.6 Å². The number of amides is 1. The van der Waals surface area contributed by atoms with Crippen LogP contribution in [0.4, 0.5) is 10.5 Å². The fourth-order valence-corrected chi connectivity index (χ4v) is 3.45. The maximum absolute atomic E-state index is 12.2. The molecule has 1 aliphatic heterocycles. The first-order valence-electron chi connectivity index (χ1n) is 11.2. The molecule has 0 radical (unpaired) electrons. The van der Waals surface area contributed by atoms with Gasteiger partial charge in [0.25, 0.3) is 0 Å². The van der Waals surface area contributed by atoms with Crippen LogP contribution in [0.15, 0.2) is 24.3 Å². The number of unbranched alkanes of at least 4 members (excludes halogenated alkanes) is 3. The Morgan fingerprint density at radius 2 is 1.73 bits per heavy atom. The third kappa shape index (κ3) is 9.06. The van der Waals surface area contributed by atoms with E-state index in [0.29, 0.717) is 19.5 Å².